The van der Waals surface area contributed by atoms with E-state index in [1.165, 1.54) is 12.1 Å². The molecule has 0 aromatic heterocycles. The zero-order valence-corrected chi connectivity index (χ0v) is 6.13. The van der Waals surface area contributed by atoms with Gasteiger partial charge >= 0.3 is 0 Å². The van der Waals surface area contributed by atoms with E-state index >= 15 is 0 Å². The van der Waals surface area contributed by atoms with Crippen molar-refractivity contribution in [2.45, 2.75) is 6.04 Å². The van der Waals surface area contributed by atoms with Gasteiger partial charge in [0.25, 0.3) is 0 Å². The Balaban J connectivity index is 2.95. The Morgan fingerprint density at radius 2 is 2.27 bits per heavy atom. The molecule has 0 fully saturated rings. The molecule has 0 radical (unpaired) electrons. The first-order valence-corrected chi connectivity index (χ1v) is 3.37. The summed E-state index contributed by atoms with van der Waals surface area (Å²) in [6.45, 7) is 3.52. The van der Waals surface area contributed by atoms with Gasteiger partial charge in [-0.2, -0.15) is 0 Å². The van der Waals surface area contributed by atoms with Crippen LogP contribution in [0.15, 0.2) is 36.9 Å². The summed E-state index contributed by atoms with van der Waals surface area (Å²) >= 11 is 0. The van der Waals surface area contributed by atoms with E-state index in [9.17, 15) is 4.39 Å². The molecule has 1 aromatic carbocycles. The normalized spacial score (nSPS) is 12.5. The molecule has 0 unspecified atom stereocenters. The Kier molecular flexibility index (Phi) is 2.39. The SMILES string of the molecule is C=C[C@H](N)c1cccc(F)c1. The van der Waals surface area contributed by atoms with Gasteiger partial charge in [0.05, 0.1) is 0 Å². The van der Waals surface area contributed by atoms with E-state index in [1.807, 2.05) is 0 Å². The van der Waals surface area contributed by atoms with Crippen molar-refractivity contribution in [3.8, 4) is 0 Å². The lowest BCUT2D eigenvalue weighted by molar-refractivity contribution is 0.624. The molecule has 1 nitrogen and oxygen atoms in total. The molecule has 0 bridgehead atoms. The summed E-state index contributed by atoms with van der Waals surface area (Å²) in [5.41, 5.74) is 6.33. The first kappa shape index (κ1) is 7.95. The molecule has 2 heteroatoms. The van der Waals surface area contributed by atoms with Gasteiger partial charge in [-0.1, -0.05) is 18.2 Å². The summed E-state index contributed by atoms with van der Waals surface area (Å²) in [5.74, 6) is -0.264. The molecule has 1 aromatic rings. The molecular formula is C9H10FN. The van der Waals surface area contributed by atoms with Gasteiger partial charge in [0.1, 0.15) is 5.82 Å². The van der Waals surface area contributed by atoms with Crippen LogP contribution in [0.2, 0.25) is 0 Å². The van der Waals surface area contributed by atoms with Crippen molar-refractivity contribution in [3.05, 3.63) is 48.3 Å². The second-order valence-corrected chi connectivity index (χ2v) is 2.32. The molecule has 0 amide bonds. The molecule has 0 aliphatic carbocycles. The Morgan fingerprint density at radius 3 is 2.82 bits per heavy atom. The third-order valence-electron chi connectivity index (χ3n) is 1.49. The van der Waals surface area contributed by atoms with Gasteiger partial charge in [-0.25, -0.2) is 4.39 Å². The molecular weight excluding hydrogens is 141 g/mol. The second kappa shape index (κ2) is 3.30. The Bertz CT molecular complexity index is 257. The third-order valence-corrected chi connectivity index (χ3v) is 1.49. The van der Waals surface area contributed by atoms with Crippen molar-refractivity contribution < 1.29 is 4.39 Å². The first-order chi connectivity index (χ1) is 5.24. The highest BCUT2D eigenvalue weighted by molar-refractivity contribution is 5.22. The second-order valence-electron chi connectivity index (χ2n) is 2.32. The van der Waals surface area contributed by atoms with Crippen LogP contribution in [-0.4, -0.2) is 0 Å². The van der Waals surface area contributed by atoms with Crippen LogP contribution in [0.5, 0.6) is 0 Å². The van der Waals surface area contributed by atoms with E-state index in [1.54, 1.807) is 18.2 Å². The average Bonchev–Trinajstić information content (AvgIpc) is 2.03. The smallest absolute Gasteiger partial charge is 0.123 e. The summed E-state index contributed by atoms with van der Waals surface area (Å²) < 4.78 is 12.6. The summed E-state index contributed by atoms with van der Waals surface area (Å²) in [6, 6.07) is 5.93. The van der Waals surface area contributed by atoms with Gasteiger partial charge in [-0.15, -0.1) is 6.58 Å². The van der Waals surface area contributed by atoms with E-state index in [0.717, 1.165) is 5.56 Å². The Morgan fingerprint density at radius 1 is 1.55 bits per heavy atom. The fraction of sp³-hybridized carbons (Fsp3) is 0.111. The standard InChI is InChI=1S/C9H10FN/c1-2-9(11)7-4-3-5-8(10)6-7/h2-6,9H,1,11H2/t9-/m0/s1. The monoisotopic (exact) mass is 151 g/mol. The van der Waals surface area contributed by atoms with Crippen LogP contribution in [0.4, 0.5) is 4.39 Å². The Hall–Kier alpha value is -1.15. The van der Waals surface area contributed by atoms with E-state index in [0.29, 0.717) is 0 Å². The highest BCUT2D eigenvalue weighted by Gasteiger charge is 2.00. The van der Waals surface area contributed by atoms with Gasteiger partial charge in [0.2, 0.25) is 0 Å². The number of hydrogen-bond acceptors (Lipinski definition) is 1. The van der Waals surface area contributed by atoms with E-state index < -0.39 is 0 Å². The fourth-order valence-corrected chi connectivity index (χ4v) is 0.850. The minimum Gasteiger partial charge on any atom is -0.321 e. The molecule has 0 aliphatic heterocycles. The fourth-order valence-electron chi connectivity index (χ4n) is 0.850. The van der Waals surface area contributed by atoms with Crippen molar-refractivity contribution in [2.75, 3.05) is 0 Å². The minimum absolute atomic E-state index is 0.264. The predicted molar refractivity (Wildman–Crippen MR) is 43.5 cm³/mol. The summed E-state index contributed by atoms with van der Waals surface area (Å²) in [5, 5.41) is 0. The zero-order chi connectivity index (χ0) is 8.27. The molecule has 0 aliphatic rings. The molecule has 0 saturated heterocycles. The summed E-state index contributed by atoms with van der Waals surface area (Å²) in [7, 11) is 0. The maximum atomic E-state index is 12.6. The molecule has 1 atom stereocenters. The number of hydrogen-bond donors (Lipinski definition) is 1. The third kappa shape index (κ3) is 1.88. The van der Waals surface area contributed by atoms with Crippen LogP contribution in [0, 0.1) is 5.82 Å². The van der Waals surface area contributed by atoms with Gasteiger partial charge in [0.15, 0.2) is 0 Å². The van der Waals surface area contributed by atoms with E-state index in [2.05, 4.69) is 6.58 Å². The number of nitrogens with two attached hydrogens (primary N) is 1. The van der Waals surface area contributed by atoms with Gasteiger partial charge < -0.3 is 5.73 Å². The number of benzene rings is 1. The lowest BCUT2D eigenvalue weighted by atomic mass is 10.1. The number of rotatable bonds is 2. The summed E-state index contributed by atoms with van der Waals surface area (Å²) in [6.07, 6.45) is 1.58. The van der Waals surface area contributed by atoms with Gasteiger partial charge in [-0.05, 0) is 17.7 Å². The molecule has 1 rings (SSSR count). The molecule has 0 saturated carbocycles. The highest BCUT2D eigenvalue weighted by atomic mass is 19.1. The minimum atomic E-state index is -0.273. The topological polar surface area (TPSA) is 26.0 Å². The van der Waals surface area contributed by atoms with Crippen LogP contribution in [-0.2, 0) is 0 Å². The molecule has 2 N–H and O–H groups in total. The average molecular weight is 151 g/mol. The van der Waals surface area contributed by atoms with Crippen molar-refractivity contribution >= 4 is 0 Å². The lowest BCUT2D eigenvalue weighted by Crippen LogP contribution is -2.06. The number of halogens is 1. The van der Waals surface area contributed by atoms with Crippen LogP contribution < -0.4 is 5.73 Å². The molecule has 0 heterocycles. The molecule has 0 spiro atoms. The van der Waals surface area contributed by atoms with Crippen LogP contribution in [0.3, 0.4) is 0 Å². The van der Waals surface area contributed by atoms with Crippen molar-refractivity contribution in [1.29, 1.82) is 0 Å². The van der Waals surface area contributed by atoms with E-state index in [4.69, 9.17) is 5.73 Å². The van der Waals surface area contributed by atoms with E-state index in [-0.39, 0.29) is 11.9 Å². The predicted octanol–water partition coefficient (Wildman–Crippen LogP) is 2.01. The van der Waals surface area contributed by atoms with Gasteiger partial charge in [0, 0.05) is 6.04 Å². The van der Waals surface area contributed by atoms with Crippen molar-refractivity contribution in [1.82, 2.24) is 0 Å². The highest BCUT2D eigenvalue weighted by Crippen LogP contribution is 2.11. The zero-order valence-electron chi connectivity index (χ0n) is 6.13. The molecule has 11 heavy (non-hydrogen) atoms. The van der Waals surface area contributed by atoms with Crippen LogP contribution in [0.1, 0.15) is 11.6 Å². The van der Waals surface area contributed by atoms with Gasteiger partial charge in [-0.3, -0.25) is 0 Å². The molecule has 58 valence electrons. The van der Waals surface area contributed by atoms with Crippen LogP contribution >= 0.6 is 0 Å². The first-order valence-electron chi connectivity index (χ1n) is 3.37. The summed E-state index contributed by atoms with van der Waals surface area (Å²) in [4.78, 5) is 0. The van der Waals surface area contributed by atoms with Crippen molar-refractivity contribution in [2.24, 2.45) is 5.73 Å². The maximum Gasteiger partial charge on any atom is 0.123 e. The van der Waals surface area contributed by atoms with Crippen LogP contribution in [0.25, 0.3) is 0 Å². The largest absolute Gasteiger partial charge is 0.321 e. The van der Waals surface area contributed by atoms with Crippen molar-refractivity contribution in [3.63, 3.8) is 0 Å². The lowest BCUT2D eigenvalue weighted by Gasteiger charge is -2.04. The quantitative estimate of drug-likeness (QED) is 0.643. The maximum absolute atomic E-state index is 12.6. The Labute approximate surface area is 65.3 Å².